The van der Waals surface area contributed by atoms with E-state index in [1.165, 1.54) is 33.9 Å². The monoisotopic (exact) mass is 1170 g/mol. The van der Waals surface area contributed by atoms with Crippen molar-refractivity contribution in [1.29, 1.82) is 0 Å². The number of hydrogen-bond acceptors (Lipinski definition) is 16. The molecule has 0 bridgehead atoms. The molecule has 0 saturated carbocycles. The van der Waals surface area contributed by atoms with Crippen molar-refractivity contribution in [3.05, 3.63) is 102 Å². The molecule has 2 saturated heterocycles. The molecule has 1 aromatic heterocycles. The highest BCUT2D eigenvalue weighted by atomic mass is 32.2. The summed E-state index contributed by atoms with van der Waals surface area (Å²) in [5, 5.41) is 17.9. The Balaban J connectivity index is 0.000000514. The number of hydroxylamine groups is 2. The van der Waals surface area contributed by atoms with Gasteiger partial charge in [0.05, 0.1) is 43.5 Å². The van der Waals surface area contributed by atoms with Gasteiger partial charge in [-0.1, -0.05) is 55.6 Å². The van der Waals surface area contributed by atoms with Crippen molar-refractivity contribution in [3.63, 3.8) is 0 Å². The van der Waals surface area contributed by atoms with Crippen LogP contribution in [0.4, 0.5) is 22.8 Å². The van der Waals surface area contributed by atoms with Gasteiger partial charge in [-0.3, -0.25) is 34.2 Å². The fourth-order valence-electron chi connectivity index (χ4n) is 7.14. The molecule has 438 valence electrons. The van der Waals surface area contributed by atoms with Gasteiger partial charge in [-0.25, -0.2) is 46.5 Å². The number of amides is 5. The SMILES string of the molecule is C#C.C#C.CC.CCOC(=O)N1CCN(CCSN(C)CCN(CC(=O)NO)S(=O)c2cc(F)c(Oc3ccc(C)cc3)c(F)c2)CC1.CN(CCN(CC(=O)NO)Sc1ccc(-c2cccc(F)c2)nc1)C(=O)N1CCOCC1. The quantitative estimate of drug-likeness (QED) is 0.0274. The molecule has 2 fully saturated rings. The van der Waals surface area contributed by atoms with Crippen molar-refractivity contribution >= 4 is 58.8 Å². The van der Waals surface area contributed by atoms with Gasteiger partial charge in [0.25, 0.3) is 11.8 Å². The van der Waals surface area contributed by atoms with Crippen LogP contribution in [0.15, 0.2) is 88.8 Å². The van der Waals surface area contributed by atoms with Crippen LogP contribution >= 0.6 is 23.9 Å². The van der Waals surface area contributed by atoms with E-state index in [0.717, 1.165) is 48.0 Å². The summed E-state index contributed by atoms with van der Waals surface area (Å²) in [4.78, 5) is 60.3. The van der Waals surface area contributed by atoms with Crippen molar-refractivity contribution in [1.82, 2.24) is 48.5 Å². The summed E-state index contributed by atoms with van der Waals surface area (Å²) in [5.74, 6) is -3.42. The third-order valence-corrected chi connectivity index (χ3v) is 14.6. The van der Waals surface area contributed by atoms with Gasteiger partial charge >= 0.3 is 12.1 Å². The maximum absolute atomic E-state index is 14.9. The molecule has 3 heterocycles. The maximum Gasteiger partial charge on any atom is 0.409 e. The van der Waals surface area contributed by atoms with Gasteiger partial charge < -0.3 is 28.9 Å². The van der Waals surface area contributed by atoms with E-state index in [-0.39, 0.29) is 41.7 Å². The molecule has 2 aliphatic heterocycles. The van der Waals surface area contributed by atoms with Crippen molar-refractivity contribution in [2.24, 2.45) is 0 Å². The summed E-state index contributed by atoms with van der Waals surface area (Å²) in [7, 11) is 1.43. The van der Waals surface area contributed by atoms with E-state index in [1.54, 1.807) is 99.1 Å². The molecule has 1 unspecified atom stereocenters. The van der Waals surface area contributed by atoms with E-state index in [4.69, 9.17) is 24.6 Å². The van der Waals surface area contributed by atoms with Crippen LogP contribution in [0.25, 0.3) is 11.3 Å². The van der Waals surface area contributed by atoms with Gasteiger partial charge in [-0.05, 0) is 81.4 Å². The summed E-state index contributed by atoms with van der Waals surface area (Å²) in [6.45, 7) is 14.3. The number of likely N-dealkylation sites (N-methyl/N-ethyl adjacent to an activating group) is 2. The van der Waals surface area contributed by atoms with E-state index >= 15 is 0 Å². The lowest BCUT2D eigenvalue weighted by Gasteiger charge is -2.34. The first-order valence-corrected chi connectivity index (χ1v) is 28.0. The smallest absolute Gasteiger partial charge is 0.409 e. The van der Waals surface area contributed by atoms with Crippen molar-refractivity contribution < 1.29 is 61.2 Å². The lowest BCUT2D eigenvalue weighted by molar-refractivity contribution is -0.129. The van der Waals surface area contributed by atoms with Gasteiger partial charge in [-0.2, -0.15) is 0 Å². The van der Waals surface area contributed by atoms with E-state index in [9.17, 15) is 36.6 Å². The zero-order valence-corrected chi connectivity index (χ0v) is 48.4. The fourth-order valence-corrected chi connectivity index (χ4v) is 10.1. The highest BCUT2D eigenvalue weighted by Crippen LogP contribution is 2.31. The Morgan fingerprint density at radius 1 is 0.800 bits per heavy atom. The number of pyridine rings is 1. The summed E-state index contributed by atoms with van der Waals surface area (Å²) in [6.07, 6.45) is 17.3. The molecule has 2 aliphatic rings. The number of ether oxygens (including phenoxy) is 3. The highest BCUT2D eigenvalue weighted by Gasteiger charge is 2.26. The number of halogens is 3. The van der Waals surface area contributed by atoms with Crippen LogP contribution in [-0.4, -0.2) is 201 Å². The minimum atomic E-state index is -2.12. The second-order valence-corrected chi connectivity index (χ2v) is 20.6. The normalized spacial score (nSPS) is 13.4. The number of morpholine rings is 1. The molecule has 0 radical (unpaired) electrons. The molecular weight excluding hydrogens is 1100 g/mol. The molecule has 0 aliphatic carbocycles. The zero-order valence-electron chi connectivity index (χ0n) is 45.9. The van der Waals surface area contributed by atoms with Gasteiger partial charge in [0.2, 0.25) is 0 Å². The van der Waals surface area contributed by atoms with Crippen LogP contribution in [0, 0.1) is 50.1 Å². The zero-order chi connectivity index (χ0) is 59.6. The molecule has 26 heteroatoms. The lowest BCUT2D eigenvalue weighted by atomic mass is 10.1. The number of piperazine rings is 1. The molecule has 6 rings (SSSR count). The second kappa shape index (κ2) is 39.0. The number of carbonyl (C=O) groups excluding carboxylic acids is 4. The Morgan fingerprint density at radius 3 is 2.00 bits per heavy atom. The highest BCUT2D eigenvalue weighted by molar-refractivity contribution is 7.97. The fraction of sp³-hybridized carbons (Fsp3) is 0.426. The first-order valence-electron chi connectivity index (χ1n) is 25.2. The van der Waals surface area contributed by atoms with Gasteiger partial charge in [-0.15, -0.1) is 25.7 Å². The molecule has 1 atom stereocenters. The summed E-state index contributed by atoms with van der Waals surface area (Å²) in [5.41, 5.74) is 5.38. The number of urea groups is 1. The number of rotatable bonds is 22. The summed E-state index contributed by atoms with van der Waals surface area (Å²) >= 11 is 2.82. The average Bonchev–Trinajstić information content (AvgIpc) is 3.48. The van der Waals surface area contributed by atoms with E-state index in [2.05, 4.69) is 35.6 Å². The third-order valence-electron chi connectivity index (χ3n) is 11.2. The Bertz CT molecular complexity index is 2530. The number of terminal acetylenes is 2. The third kappa shape index (κ3) is 24.5. The van der Waals surface area contributed by atoms with E-state index < -0.39 is 46.7 Å². The van der Waals surface area contributed by atoms with Crippen LogP contribution in [-0.2, 0) is 30.0 Å². The Labute approximate surface area is 479 Å². The topological polar surface area (TPSA) is 213 Å². The Morgan fingerprint density at radius 2 is 1.43 bits per heavy atom. The number of hydrogen-bond donors (Lipinski definition) is 4. The van der Waals surface area contributed by atoms with Gasteiger partial charge in [0, 0.05) is 101 Å². The van der Waals surface area contributed by atoms with Crippen LogP contribution in [0.2, 0.25) is 0 Å². The van der Waals surface area contributed by atoms with E-state index in [0.29, 0.717) is 76.9 Å². The summed E-state index contributed by atoms with van der Waals surface area (Å²) < 4.78 is 77.0. The number of nitrogens with zero attached hydrogens (tertiary/aromatic N) is 8. The van der Waals surface area contributed by atoms with Crippen LogP contribution < -0.4 is 15.7 Å². The maximum atomic E-state index is 14.9. The minimum Gasteiger partial charge on any atom is -0.451 e. The minimum absolute atomic E-state index is 0.0770. The first-order chi connectivity index (χ1) is 38.6. The van der Waals surface area contributed by atoms with E-state index in [1.807, 2.05) is 38.2 Å². The van der Waals surface area contributed by atoms with Crippen LogP contribution in [0.1, 0.15) is 26.3 Å². The number of aryl methyl sites for hydroxylation is 1. The van der Waals surface area contributed by atoms with Crippen molar-refractivity contribution in [2.45, 2.75) is 37.5 Å². The number of carbonyl (C=O) groups is 4. The molecule has 80 heavy (non-hydrogen) atoms. The Kier molecular flexibility index (Phi) is 34.0. The largest absolute Gasteiger partial charge is 0.451 e. The molecule has 3 aromatic carbocycles. The van der Waals surface area contributed by atoms with Crippen molar-refractivity contribution in [2.75, 3.05) is 125 Å². The molecular formula is C54H73F3N10O10S3. The van der Waals surface area contributed by atoms with Gasteiger partial charge in [0.1, 0.15) is 22.6 Å². The first kappa shape index (κ1) is 69.7. The number of aromatic nitrogens is 1. The molecule has 20 nitrogen and oxygen atoms in total. The predicted octanol–water partition coefficient (Wildman–Crippen LogP) is 6.86. The molecule has 4 N–H and O–H groups in total. The average molecular weight is 1180 g/mol. The summed E-state index contributed by atoms with van der Waals surface area (Å²) in [6, 6.07) is 18.1. The van der Waals surface area contributed by atoms with Crippen LogP contribution in [0.5, 0.6) is 11.5 Å². The van der Waals surface area contributed by atoms with Crippen molar-refractivity contribution in [3.8, 4) is 48.4 Å². The molecule has 5 amide bonds. The predicted molar refractivity (Wildman–Crippen MR) is 304 cm³/mol. The van der Waals surface area contributed by atoms with Crippen LogP contribution in [0.3, 0.4) is 0 Å². The lowest BCUT2D eigenvalue weighted by Crippen LogP contribution is -2.49. The standard InChI is InChI=1S/C27H37F2N5O6S2.C21H26FN5O4S.C2H6.2C2H2/c1-4-39-27(36)33-12-10-32(11-13-33)15-16-41-31(3)9-14-34(19-25(35)30-37)42(38)22-17-23(28)26(24(29)18-22)40-21-7-5-20(2)6-8-21;1-25(21(29)26-9-11-31-12-10-26)7-8-27(15-20(28)24-30)32-18-5-6-19(23-14-18)16-3-2-4-17(22)13-16;3*1-2/h5-8,17-18,37H,4,9-16,19H2,1-3H3,(H,30,35);2-6,13-14,30H,7-12,15H2,1H3,(H,24,28);1-2H3;2*1-2H. The second-order valence-electron chi connectivity index (χ2n) is 16.7. The Hall–Kier alpha value is -6.43. The van der Waals surface area contributed by atoms with Gasteiger partial charge in [0.15, 0.2) is 17.4 Å². The molecule has 0 spiro atoms. The molecule has 4 aromatic rings. The number of benzene rings is 3. The number of nitrogens with one attached hydrogen (secondary N) is 2.